The van der Waals surface area contributed by atoms with Crippen LogP contribution < -0.4 is 0 Å². The third-order valence-electron chi connectivity index (χ3n) is 2.50. The molecule has 2 atom stereocenters. The van der Waals surface area contributed by atoms with E-state index >= 15 is 0 Å². The number of aliphatic hydroxyl groups excluding tert-OH is 1. The van der Waals surface area contributed by atoms with Gasteiger partial charge in [0.2, 0.25) is 0 Å². The van der Waals surface area contributed by atoms with Crippen molar-refractivity contribution in [2.75, 3.05) is 7.11 Å². The Hall–Kier alpha value is -0.390. The smallest absolute Gasteiger partial charge is 0.0969 e. The minimum absolute atomic E-state index is 0.173. The molecular formula is C10H17BrN2O2. The van der Waals surface area contributed by atoms with Crippen LogP contribution in [-0.2, 0) is 11.8 Å². The summed E-state index contributed by atoms with van der Waals surface area (Å²) in [6.45, 7) is 1.99. The van der Waals surface area contributed by atoms with Crippen molar-refractivity contribution in [3.8, 4) is 0 Å². The Morgan fingerprint density at radius 1 is 1.60 bits per heavy atom. The second kappa shape index (κ2) is 5.63. The molecule has 1 aromatic rings. The molecule has 0 aliphatic carbocycles. The largest absolute Gasteiger partial charge is 0.387 e. The van der Waals surface area contributed by atoms with E-state index in [1.807, 2.05) is 14.0 Å². The van der Waals surface area contributed by atoms with Gasteiger partial charge in [-0.3, -0.25) is 4.68 Å². The topological polar surface area (TPSA) is 47.3 Å². The summed E-state index contributed by atoms with van der Waals surface area (Å²) in [5, 5.41) is 14.0. The molecule has 5 heteroatoms. The van der Waals surface area contributed by atoms with E-state index in [4.69, 9.17) is 4.74 Å². The quantitative estimate of drug-likeness (QED) is 0.895. The number of nitrogens with zero attached hydrogens (tertiary/aromatic N) is 2. The number of aromatic nitrogens is 2. The summed E-state index contributed by atoms with van der Waals surface area (Å²) in [6, 6.07) is 0. The number of ether oxygens (including phenoxy) is 1. The standard InChI is InChI=1S/C10H17BrN2O2/c1-7(15-3)4-5-9(14)10-8(11)6-12-13(10)2/h6-7,9,14H,4-5H2,1-3H3. The lowest BCUT2D eigenvalue weighted by Crippen LogP contribution is -2.10. The van der Waals surface area contributed by atoms with E-state index in [2.05, 4.69) is 21.0 Å². The van der Waals surface area contributed by atoms with Gasteiger partial charge in [-0.05, 0) is 35.7 Å². The molecule has 2 unspecified atom stereocenters. The van der Waals surface area contributed by atoms with Crippen LogP contribution in [0.25, 0.3) is 0 Å². The van der Waals surface area contributed by atoms with Crippen LogP contribution in [0.2, 0.25) is 0 Å². The lowest BCUT2D eigenvalue weighted by atomic mass is 10.1. The second-order valence-electron chi connectivity index (χ2n) is 3.64. The van der Waals surface area contributed by atoms with Crippen LogP contribution in [0.3, 0.4) is 0 Å². The Labute approximate surface area is 98.4 Å². The van der Waals surface area contributed by atoms with Crippen LogP contribution in [-0.4, -0.2) is 28.1 Å². The van der Waals surface area contributed by atoms with Gasteiger partial charge in [0.15, 0.2) is 0 Å². The molecule has 1 aromatic heterocycles. The van der Waals surface area contributed by atoms with E-state index in [0.717, 1.165) is 16.6 Å². The van der Waals surface area contributed by atoms with E-state index in [9.17, 15) is 5.11 Å². The van der Waals surface area contributed by atoms with Gasteiger partial charge >= 0.3 is 0 Å². The normalized spacial score (nSPS) is 15.3. The van der Waals surface area contributed by atoms with Crippen molar-refractivity contribution >= 4 is 15.9 Å². The van der Waals surface area contributed by atoms with Crippen LogP contribution in [0, 0.1) is 0 Å². The van der Waals surface area contributed by atoms with Gasteiger partial charge in [0.25, 0.3) is 0 Å². The first kappa shape index (κ1) is 12.7. The van der Waals surface area contributed by atoms with Gasteiger partial charge in [0, 0.05) is 14.2 Å². The predicted octanol–water partition coefficient (Wildman–Crippen LogP) is 2.03. The first-order valence-corrected chi connectivity index (χ1v) is 5.73. The maximum atomic E-state index is 9.97. The Balaban J connectivity index is 2.57. The average molecular weight is 277 g/mol. The fraction of sp³-hybridized carbons (Fsp3) is 0.700. The monoisotopic (exact) mass is 276 g/mol. The molecule has 0 amide bonds. The summed E-state index contributed by atoms with van der Waals surface area (Å²) in [5.41, 5.74) is 0.818. The molecular weight excluding hydrogens is 260 g/mol. The number of aryl methyl sites for hydroxylation is 1. The zero-order valence-corrected chi connectivity index (χ0v) is 10.9. The van der Waals surface area contributed by atoms with Crippen molar-refractivity contribution in [2.24, 2.45) is 7.05 Å². The molecule has 0 saturated carbocycles. The van der Waals surface area contributed by atoms with Crippen LogP contribution in [0.4, 0.5) is 0 Å². The molecule has 0 bridgehead atoms. The Morgan fingerprint density at radius 3 is 2.73 bits per heavy atom. The Kier molecular flexibility index (Phi) is 4.76. The van der Waals surface area contributed by atoms with Crippen molar-refractivity contribution in [1.29, 1.82) is 0 Å². The minimum Gasteiger partial charge on any atom is -0.387 e. The van der Waals surface area contributed by atoms with E-state index in [0.29, 0.717) is 6.42 Å². The molecule has 0 saturated heterocycles. The van der Waals surface area contributed by atoms with Crippen molar-refractivity contribution in [3.63, 3.8) is 0 Å². The van der Waals surface area contributed by atoms with E-state index in [1.54, 1.807) is 18.0 Å². The van der Waals surface area contributed by atoms with Crippen molar-refractivity contribution in [3.05, 3.63) is 16.4 Å². The summed E-state index contributed by atoms with van der Waals surface area (Å²) in [5.74, 6) is 0. The molecule has 0 aromatic carbocycles. The minimum atomic E-state index is -0.496. The fourth-order valence-electron chi connectivity index (χ4n) is 1.44. The Morgan fingerprint density at radius 2 is 2.27 bits per heavy atom. The molecule has 0 fully saturated rings. The van der Waals surface area contributed by atoms with E-state index in [-0.39, 0.29) is 6.10 Å². The lowest BCUT2D eigenvalue weighted by molar-refractivity contribution is 0.0826. The van der Waals surface area contributed by atoms with Crippen molar-refractivity contribution in [2.45, 2.75) is 32.0 Å². The van der Waals surface area contributed by atoms with Gasteiger partial charge < -0.3 is 9.84 Å². The molecule has 1 rings (SSSR count). The van der Waals surface area contributed by atoms with Gasteiger partial charge in [0.05, 0.1) is 28.6 Å². The highest BCUT2D eigenvalue weighted by atomic mass is 79.9. The van der Waals surface area contributed by atoms with Crippen molar-refractivity contribution in [1.82, 2.24) is 9.78 Å². The maximum Gasteiger partial charge on any atom is 0.0969 e. The molecule has 0 aliphatic rings. The molecule has 4 nitrogen and oxygen atoms in total. The first-order chi connectivity index (χ1) is 7.06. The van der Waals surface area contributed by atoms with Gasteiger partial charge in [-0.15, -0.1) is 0 Å². The van der Waals surface area contributed by atoms with Gasteiger partial charge in [0.1, 0.15) is 0 Å². The second-order valence-corrected chi connectivity index (χ2v) is 4.50. The lowest BCUT2D eigenvalue weighted by Gasteiger charge is -2.14. The highest BCUT2D eigenvalue weighted by Gasteiger charge is 2.16. The summed E-state index contributed by atoms with van der Waals surface area (Å²) >= 11 is 3.37. The first-order valence-electron chi connectivity index (χ1n) is 4.94. The number of hydrogen-bond acceptors (Lipinski definition) is 3. The predicted molar refractivity (Wildman–Crippen MR) is 61.6 cm³/mol. The molecule has 15 heavy (non-hydrogen) atoms. The average Bonchev–Trinajstić information content (AvgIpc) is 2.54. The van der Waals surface area contributed by atoms with Gasteiger partial charge in [-0.2, -0.15) is 5.10 Å². The maximum absolute atomic E-state index is 9.97. The fourth-order valence-corrected chi connectivity index (χ4v) is 2.05. The summed E-state index contributed by atoms with van der Waals surface area (Å²) in [6.07, 6.45) is 2.87. The van der Waals surface area contributed by atoms with Crippen LogP contribution in [0.15, 0.2) is 10.7 Å². The van der Waals surface area contributed by atoms with Crippen LogP contribution in [0.5, 0.6) is 0 Å². The van der Waals surface area contributed by atoms with Crippen LogP contribution in [0.1, 0.15) is 31.6 Å². The molecule has 86 valence electrons. The zero-order valence-electron chi connectivity index (χ0n) is 9.27. The van der Waals surface area contributed by atoms with Gasteiger partial charge in [-0.1, -0.05) is 0 Å². The highest BCUT2D eigenvalue weighted by Crippen LogP contribution is 2.26. The molecule has 0 spiro atoms. The molecule has 1 heterocycles. The summed E-state index contributed by atoms with van der Waals surface area (Å²) in [4.78, 5) is 0. The number of methoxy groups -OCH3 is 1. The number of hydrogen-bond donors (Lipinski definition) is 1. The van der Waals surface area contributed by atoms with Crippen LogP contribution >= 0.6 is 15.9 Å². The molecule has 0 radical (unpaired) electrons. The summed E-state index contributed by atoms with van der Waals surface area (Å²) < 4.78 is 7.67. The molecule has 0 aliphatic heterocycles. The number of rotatable bonds is 5. The highest BCUT2D eigenvalue weighted by molar-refractivity contribution is 9.10. The third-order valence-corrected chi connectivity index (χ3v) is 3.11. The van der Waals surface area contributed by atoms with E-state index in [1.165, 1.54) is 0 Å². The molecule has 1 N–H and O–H groups in total. The van der Waals surface area contributed by atoms with Crippen molar-refractivity contribution < 1.29 is 9.84 Å². The summed E-state index contributed by atoms with van der Waals surface area (Å²) in [7, 11) is 3.50. The Bertz CT molecular complexity index is 295. The third kappa shape index (κ3) is 3.29. The SMILES string of the molecule is COC(C)CCC(O)c1c(Br)cnn1C. The number of halogens is 1. The van der Waals surface area contributed by atoms with E-state index < -0.39 is 6.10 Å². The van der Waals surface area contributed by atoms with Gasteiger partial charge in [-0.25, -0.2) is 0 Å². The number of aliphatic hydroxyl groups is 1. The zero-order chi connectivity index (χ0) is 11.4.